The Hall–Kier alpha value is -1.81. The molecule has 0 aliphatic heterocycles. The fraction of sp³-hybridized carbons (Fsp3) is 0.438. The first-order valence-electron chi connectivity index (χ1n) is 6.84. The van der Waals surface area contributed by atoms with E-state index in [1.54, 1.807) is 18.2 Å². The van der Waals surface area contributed by atoms with Gasteiger partial charge in [0, 0.05) is 5.56 Å². The molecule has 1 rings (SSSR count). The smallest absolute Gasteiger partial charge is 0.251 e. The quantitative estimate of drug-likeness (QED) is 0.753. The molecule has 0 aromatic heterocycles. The van der Waals surface area contributed by atoms with Gasteiger partial charge < -0.3 is 15.2 Å². The van der Waals surface area contributed by atoms with E-state index in [0.29, 0.717) is 24.3 Å². The molecule has 0 radical (unpaired) electrons. The molecule has 20 heavy (non-hydrogen) atoms. The van der Waals surface area contributed by atoms with Crippen LogP contribution >= 0.6 is 0 Å². The van der Waals surface area contributed by atoms with Crippen molar-refractivity contribution in [2.24, 2.45) is 0 Å². The summed E-state index contributed by atoms with van der Waals surface area (Å²) in [5, 5.41) is 11.9. The molecule has 0 bridgehead atoms. The second-order valence-electron chi connectivity index (χ2n) is 4.88. The van der Waals surface area contributed by atoms with Crippen molar-refractivity contribution in [3.8, 4) is 5.75 Å². The molecule has 110 valence electrons. The maximum Gasteiger partial charge on any atom is 0.251 e. The first-order valence-corrected chi connectivity index (χ1v) is 6.84. The van der Waals surface area contributed by atoms with Crippen LogP contribution in [0.4, 0.5) is 0 Å². The molecule has 0 fully saturated rings. The van der Waals surface area contributed by atoms with Crippen LogP contribution in [-0.2, 0) is 0 Å². The number of aliphatic hydroxyl groups excluding tert-OH is 1. The van der Waals surface area contributed by atoms with Crippen molar-refractivity contribution in [3.05, 3.63) is 41.5 Å². The van der Waals surface area contributed by atoms with Gasteiger partial charge in [-0.25, -0.2) is 0 Å². The highest BCUT2D eigenvalue weighted by molar-refractivity contribution is 5.94. The second kappa shape index (κ2) is 8.38. The molecule has 1 aromatic rings. The molecule has 1 unspecified atom stereocenters. The zero-order valence-electron chi connectivity index (χ0n) is 12.3. The van der Waals surface area contributed by atoms with E-state index in [0.717, 1.165) is 0 Å². The van der Waals surface area contributed by atoms with Crippen LogP contribution in [0, 0.1) is 0 Å². The van der Waals surface area contributed by atoms with Gasteiger partial charge in [0.2, 0.25) is 0 Å². The van der Waals surface area contributed by atoms with Crippen LogP contribution < -0.4 is 10.1 Å². The molecule has 1 atom stereocenters. The number of amides is 1. The third-order valence-corrected chi connectivity index (χ3v) is 2.89. The summed E-state index contributed by atoms with van der Waals surface area (Å²) in [7, 11) is 0. The van der Waals surface area contributed by atoms with E-state index in [4.69, 9.17) is 9.84 Å². The molecule has 0 saturated carbocycles. The van der Waals surface area contributed by atoms with E-state index in [1.807, 2.05) is 32.9 Å². The van der Waals surface area contributed by atoms with Crippen molar-refractivity contribution < 1.29 is 14.6 Å². The summed E-state index contributed by atoms with van der Waals surface area (Å²) in [5.74, 6) is 0.464. The molecule has 2 N–H and O–H groups in total. The molecular formula is C16H23NO3. The standard InChI is InChI=1S/C16H23NO3/c1-4-14(11-18)17-16(19)13-6-5-7-15(10-13)20-9-8-12(2)3/h5-8,10,14,18H,4,9,11H2,1-3H3,(H,17,19). The highest BCUT2D eigenvalue weighted by atomic mass is 16.5. The molecule has 4 heteroatoms. The highest BCUT2D eigenvalue weighted by Crippen LogP contribution is 2.13. The number of hydrogen-bond acceptors (Lipinski definition) is 3. The number of nitrogens with one attached hydrogen (secondary N) is 1. The van der Waals surface area contributed by atoms with E-state index >= 15 is 0 Å². The summed E-state index contributed by atoms with van der Waals surface area (Å²) in [5.41, 5.74) is 1.72. The summed E-state index contributed by atoms with van der Waals surface area (Å²) in [4.78, 5) is 12.0. The third-order valence-electron chi connectivity index (χ3n) is 2.89. The molecule has 1 amide bonds. The third kappa shape index (κ3) is 5.45. The van der Waals surface area contributed by atoms with Crippen LogP contribution in [0.1, 0.15) is 37.6 Å². The Morgan fingerprint density at radius 3 is 2.80 bits per heavy atom. The maximum atomic E-state index is 12.0. The lowest BCUT2D eigenvalue weighted by molar-refractivity contribution is 0.0914. The van der Waals surface area contributed by atoms with Gasteiger partial charge in [0.05, 0.1) is 12.6 Å². The minimum Gasteiger partial charge on any atom is -0.490 e. The van der Waals surface area contributed by atoms with Gasteiger partial charge in [-0.15, -0.1) is 0 Å². The molecule has 0 aliphatic carbocycles. The van der Waals surface area contributed by atoms with E-state index in [-0.39, 0.29) is 18.6 Å². The Labute approximate surface area is 120 Å². The van der Waals surface area contributed by atoms with Crippen LogP contribution in [-0.4, -0.2) is 30.3 Å². The number of carbonyl (C=O) groups excluding carboxylic acids is 1. The molecule has 0 heterocycles. The van der Waals surface area contributed by atoms with Crippen molar-refractivity contribution in [1.29, 1.82) is 0 Å². The van der Waals surface area contributed by atoms with Crippen molar-refractivity contribution >= 4 is 5.91 Å². The lowest BCUT2D eigenvalue weighted by Gasteiger charge is -2.14. The largest absolute Gasteiger partial charge is 0.490 e. The minimum absolute atomic E-state index is 0.0565. The second-order valence-corrected chi connectivity index (χ2v) is 4.88. The first kappa shape index (κ1) is 16.2. The number of aliphatic hydroxyl groups is 1. The fourth-order valence-corrected chi connectivity index (χ4v) is 1.58. The van der Waals surface area contributed by atoms with E-state index in [2.05, 4.69) is 5.32 Å². The lowest BCUT2D eigenvalue weighted by atomic mass is 10.1. The van der Waals surface area contributed by atoms with Crippen LogP contribution in [0.25, 0.3) is 0 Å². The monoisotopic (exact) mass is 277 g/mol. The van der Waals surface area contributed by atoms with Gasteiger partial charge in [-0.2, -0.15) is 0 Å². The van der Waals surface area contributed by atoms with Gasteiger partial charge in [-0.1, -0.05) is 18.6 Å². The Kier molecular flexibility index (Phi) is 6.81. The average molecular weight is 277 g/mol. The Morgan fingerprint density at radius 2 is 2.20 bits per heavy atom. The van der Waals surface area contributed by atoms with Gasteiger partial charge in [-0.05, 0) is 44.5 Å². The molecule has 4 nitrogen and oxygen atoms in total. The lowest BCUT2D eigenvalue weighted by Crippen LogP contribution is -2.36. The molecule has 0 spiro atoms. The number of carbonyl (C=O) groups is 1. The Bertz CT molecular complexity index is 461. The van der Waals surface area contributed by atoms with Crippen molar-refractivity contribution in [1.82, 2.24) is 5.32 Å². The van der Waals surface area contributed by atoms with Crippen LogP contribution in [0.5, 0.6) is 5.75 Å². The van der Waals surface area contributed by atoms with Gasteiger partial charge in [0.1, 0.15) is 12.4 Å². The number of rotatable bonds is 7. The van der Waals surface area contributed by atoms with E-state index in [9.17, 15) is 4.79 Å². The summed E-state index contributed by atoms with van der Waals surface area (Å²) >= 11 is 0. The molecule has 0 saturated heterocycles. The van der Waals surface area contributed by atoms with Gasteiger partial charge >= 0.3 is 0 Å². The van der Waals surface area contributed by atoms with Crippen LogP contribution in [0.3, 0.4) is 0 Å². The normalized spacial score (nSPS) is 11.6. The predicted molar refractivity (Wildman–Crippen MR) is 80.0 cm³/mol. The summed E-state index contributed by atoms with van der Waals surface area (Å²) in [6.45, 7) is 6.36. The van der Waals surface area contributed by atoms with Crippen molar-refractivity contribution in [2.75, 3.05) is 13.2 Å². The maximum absolute atomic E-state index is 12.0. The summed E-state index contributed by atoms with van der Waals surface area (Å²) < 4.78 is 5.56. The van der Waals surface area contributed by atoms with Crippen LogP contribution in [0.15, 0.2) is 35.9 Å². The molecule has 0 aliphatic rings. The number of hydrogen-bond donors (Lipinski definition) is 2. The van der Waals surface area contributed by atoms with Gasteiger partial charge in [-0.3, -0.25) is 4.79 Å². The predicted octanol–water partition coefficient (Wildman–Crippen LogP) is 2.53. The molecular weight excluding hydrogens is 254 g/mol. The zero-order valence-corrected chi connectivity index (χ0v) is 12.3. The SMILES string of the molecule is CCC(CO)NC(=O)c1cccc(OCC=C(C)C)c1. The Morgan fingerprint density at radius 1 is 1.45 bits per heavy atom. The summed E-state index contributed by atoms with van der Waals surface area (Å²) in [6, 6.07) is 6.83. The average Bonchev–Trinajstić information content (AvgIpc) is 2.44. The number of benzene rings is 1. The Balaban J connectivity index is 2.67. The minimum atomic E-state index is -0.210. The topological polar surface area (TPSA) is 58.6 Å². The first-order chi connectivity index (χ1) is 9.56. The molecule has 1 aromatic carbocycles. The van der Waals surface area contributed by atoms with E-state index < -0.39 is 0 Å². The van der Waals surface area contributed by atoms with Crippen molar-refractivity contribution in [3.63, 3.8) is 0 Å². The van der Waals surface area contributed by atoms with E-state index in [1.165, 1.54) is 5.57 Å². The van der Waals surface area contributed by atoms with Crippen LogP contribution in [0.2, 0.25) is 0 Å². The van der Waals surface area contributed by atoms with Gasteiger partial charge in [0.15, 0.2) is 0 Å². The van der Waals surface area contributed by atoms with Crippen molar-refractivity contribution in [2.45, 2.75) is 33.2 Å². The fourth-order valence-electron chi connectivity index (χ4n) is 1.58. The highest BCUT2D eigenvalue weighted by Gasteiger charge is 2.11. The van der Waals surface area contributed by atoms with Gasteiger partial charge in [0.25, 0.3) is 5.91 Å². The number of ether oxygens (including phenoxy) is 1. The summed E-state index contributed by atoms with van der Waals surface area (Å²) in [6.07, 6.45) is 2.67. The number of allylic oxidation sites excluding steroid dienone is 1. The zero-order chi connectivity index (χ0) is 15.0.